The fourth-order valence-corrected chi connectivity index (χ4v) is 3.27. The summed E-state index contributed by atoms with van der Waals surface area (Å²) in [5.74, 6) is 0.529. The van der Waals surface area contributed by atoms with Gasteiger partial charge >= 0.3 is 0 Å². The average Bonchev–Trinajstić information content (AvgIpc) is 2.55. The van der Waals surface area contributed by atoms with Crippen LogP contribution >= 0.6 is 11.6 Å². The van der Waals surface area contributed by atoms with Crippen LogP contribution in [0.2, 0.25) is 5.15 Å². The van der Waals surface area contributed by atoms with Gasteiger partial charge in [0.2, 0.25) is 0 Å². The van der Waals surface area contributed by atoms with E-state index in [4.69, 9.17) is 11.6 Å². The zero-order valence-electron chi connectivity index (χ0n) is 12.6. The fourth-order valence-electron chi connectivity index (χ4n) is 3.00. The number of piperidine rings is 1. The summed E-state index contributed by atoms with van der Waals surface area (Å²) in [4.78, 5) is 18.6. The van der Waals surface area contributed by atoms with Crippen LogP contribution in [0.15, 0.2) is 42.5 Å². The smallest absolute Gasteiger partial charge is 0.256 e. The van der Waals surface area contributed by atoms with Crippen LogP contribution in [0.4, 0.5) is 0 Å². The molecule has 0 unspecified atom stereocenters. The number of aryl methyl sites for hydroxylation is 1. The number of pyridine rings is 1. The van der Waals surface area contributed by atoms with Crippen molar-refractivity contribution in [3.63, 3.8) is 0 Å². The van der Waals surface area contributed by atoms with Crippen LogP contribution in [-0.2, 0) is 0 Å². The summed E-state index contributed by atoms with van der Waals surface area (Å²) >= 11 is 6.11. The average molecular weight is 315 g/mol. The standard InChI is InChI=1S/C18H19ClN2O/c1-13-7-8-16(17(19)20-13)18(22)21-11-9-15(10-12-21)14-5-3-2-4-6-14/h2-8,15H,9-12H2,1H3. The number of hydrogen-bond acceptors (Lipinski definition) is 2. The van der Waals surface area contributed by atoms with E-state index in [1.54, 1.807) is 6.07 Å². The Morgan fingerprint density at radius 2 is 1.82 bits per heavy atom. The van der Waals surface area contributed by atoms with Gasteiger partial charge in [-0.25, -0.2) is 4.98 Å². The molecule has 0 saturated carbocycles. The quantitative estimate of drug-likeness (QED) is 0.783. The number of halogens is 1. The van der Waals surface area contributed by atoms with E-state index in [-0.39, 0.29) is 5.91 Å². The van der Waals surface area contributed by atoms with Crippen molar-refractivity contribution < 1.29 is 4.79 Å². The molecule has 3 rings (SSSR count). The molecule has 1 saturated heterocycles. The van der Waals surface area contributed by atoms with E-state index in [1.807, 2.05) is 24.0 Å². The number of carbonyl (C=O) groups is 1. The maximum absolute atomic E-state index is 12.6. The first-order valence-electron chi connectivity index (χ1n) is 7.62. The Balaban J connectivity index is 1.67. The third-order valence-electron chi connectivity index (χ3n) is 4.27. The molecule has 0 spiro atoms. The van der Waals surface area contributed by atoms with Crippen molar-refractivity contribution in [2.24, 2.45) is 0 Å². The van der Waals surface area contributed by atoms with Crippen molar-refractivity contribution in [2.45, 2.75) is 25.7 Å². The minimum atomic E-state index is -0.0102. The number of likely N-dealkylation sites (tertiary alicyclic amines) is 1. The van der Waals surface area contributed by atoms with Crippen molar-refractivity contribution in [3.05, 3.63) is 64.4 Å². The second-order valence-corrected chi connectivity index (χ2v) is 6.13. The van der Waals surface area contributed by atoms with E-state index in [1.165, 1.54) is 5.56 Å². The topological polar surface area (TPSA) is 33.2 Å². The molecule has 4 heteroatoms. The maximum Gasteiger partial charge on any atom is 0.256 e. The number of rotatable bonds is 2. The number of benzene rings is 1. The van der Waals surface area contributed by atoms with Gasteiger partial charge in [0.15, 0.2) is 0 Å². The van der Waals surface area contributed by atoms with Crippen molar-refractivity contribution in [1.29, 1.82) is 0 Å². The van der Waals surface area contributed by atoms with E-state index in [0.717, 1.165) is 31.6 Å². The third kappa shape index (κ3) is 3.14. The number of nitrogens with zero attached hydrogens (tertiary/aromatic N) is 2. The van der Waals surface area contributed by atoms with Gasteiger partial charge in [0, 0.05) is 18.8 Å². The lowest BCUT2D eigenvalue weighted by Crippen LogP contribution is -2.38. The fraction of sp³-hybridized carbons (Fsp3) is 0.333. The molecule has 0 N–H and O–H groups in total. The van der Waals surface area contributed by atoms with Gasteiger partial charge < -0.3 is 4.90 Å². The van der Waals surface area contributed by atoms with Crippen LogP contribution < -0.4 is 0 Å². The molecular formula is C18H19ClN2O. The molecule has 0 bridgehead atoms. The van der Waals surface area contributed by atoms with Crippen LogP contribution in [0, 0.1) is 6.92 Å². The van der Waals surface area contributed by atoms with Gasteiger partial charge in [-0.3, -0.25) is 4.79 Å². The summed E-state index contributed by atoms with van der Waals surface area (Å²) in [6.45, 7) is 3.40. The van der Waals surface area contributed by atoms with E-state index >= 15 is 0 Å². The summed E-state index contributed by atoms with van der Waals surface area (Å²) in [5.41, 5.74) is 2.69. The molecular weight excluding hydrogens is 296 g/mol. The second-order valence-electron chi connectivity index (χ2n) is 5.77. The highest BCUT2D eigenvalue weighted by Gasteiger charge is 2.25. The van der Waals surface area contributed by atoms with Crippen molar-refractivity contribution in [1.82, 2.24) is 9.88 Å². The van der Waals surface area contributed by atoms with Gasteiger partial charge in [0.25, 0.3) is 5.91 Å². The number of carbonyl (C=O) groups excluding carboxylic acids is 1. The van der Waals surface area contributed by atoms with Crippen LogP contribution in [-0.4, -0.2) is 28.9 Å². The lowest BCUT2D eigenvalue weighted by Gasteiger charge is -2.32. The zero-order valence-corrected chi connectivity index (χ0v) is 13.4. The van der Waals surface area contributed by atoms with Gasteiger partial charge in [0.1, 0.15) is 5.15 Å². The van der Waals surface area contributed by atoms with Crippen LogP contribution in [0.5, 0.6) is 0 Å². The van der Waals surface area contributed by atoms with Crippen molar-refractivity contribution >= 4 is 17.5 Å². The van der Waals surface area contributed by atoms with Gasteiger partial charge in [-0.15, -0.1) is 0 Å². The second kappa shape index (κ2) is 6.49. The highest BCUT2D eigenvalue weighted by molar-refractivity contribution is 6.32. The number of amides is 1. The number of aromatic nitrogens is 1. The predicted octanol–water partition coefficient (Wildman–Crippen LogP) is 4.06. The normalized spacial score (nSPS) is 15.8. The molecule has 0 atom stereocenters. The molecule has 114 valence electrons. The van der Waals surface area contributed by atoms with Crippen molar-refractivity contribution in [2.75, 3.05) is 13.1 Å². The Morgan fingerprint density at radius 3 is 2.45 bits per heavy atom. The monoisotopic (exact) mass is 314 g/mol. The summed E-state index contributed by atoms with van der Waals surface area (Å²) in [6.07, 6.45) is 1.99. The Bertz CT molecular complexity index is 664. The summed E-state index contributed by atoms with van der Waals surface area (Å²) in [7, 11) is 0. The molecule has 1 aliphatic rings. The zero-order chi connectivity index (χ0) is 15.5. The molecule has 1 aromatic heterocycles. The minimum absolute atomic E-state index is 0.0102. The van der Waals surface area contributed by atoms with Crippen LogP contribution in [0.25, 0.3) is 0 Å². The molecule has 2 aromatic rings. The van der Waals surface area contributed by atoms with Gasteiger partial charge in [-0.05, 0) is 43.4 Å². The first-order valence-corrected chi connectivity index (χ1v) is 8.00. The molecule has 22 heavy (non-hydrogen) atoms. The third-order valence-corrected chi connectivity index (χ3v) is 4.56. The highest BCUT2D eigenvalue weighted by atomic mass is 35.5. The van der Waals surface area contributed by atoms with E-state index in [0.29, 0.717) is 16.6 Å². The molecule has 0 radical (unpaired) electrons. The molecule has 0 aliphatic carbocycles. The minimum Gasteiger partial charge on any atom is -0.339 e. The Morgan fingerprint density at radius 1 is 1.14 bits per heavy atom. The lowest BCUT2D eigenvalue weighted by atomic mass is 9.89. The van der Waals surface area contributed by atoms with E-state index < -0.39 is 0 Å². The molecule has 2 heterocycles. The van der Waals surface area contributed by atoms with Crippen molar-refractivity contribution in [3.8, 4) is 0 Å². The molecule has 1 fully saturated rings. The maximum atomic E-state index is 12.6. The number of hydrogen-bond donors (Lipinski definition) is 0. The van der Waals surface area contributed by atoms with Gasteiger partial charge in [-0.2, -0.15) is 0 Å². The van der Waals surface area contributed by atoms with Crippen LogP contribution in [0.3, 0.4) is 0 Å². The lowest BCUT2D eigenvalue weighted by molar-refractivity contribution is 0.0713. The van der Waals surface area contributed by atoms with Crippen LogP contribution in [0.1, 0.15) is 40.4 Å². The Hall–Kier alpha value is -1.87. The summed E-state index contributed by atoms with van der Waals surface area (Å²) < 4.78 is 0. The first-order chi connectivity index (χ1) is 10.6. The van der Waals surface area contributed by atoms with E-state index in [2.05, 4.69) is 29.2 Å². The molecule has 1 aliphatic heterocycles. The SMILES string of the molecule is Cc1ccc(C(=O)N2CCC(c3ccccc3)CC2)c(Cl)n1. The molecule has 3 nitrogen and oxygen atoms in total. The largest absolute Gasteiger partial charge is 0.339 e. The Labute approximate surface area is 135 Å². The summed E-state index contributed by atoms with van der Waals surface area (Å²) in [5, 5.41) is 0.301. The van der Waals surface area contributed by atoms with E-state index in [9.17, 15) is 4.79 Å². The molecule has 1 amide bonds. The predicted molar refractivity (Wildman–Crippen MR) is 88.3 cm³/mol. The highest BCUT2D eigenvalue weighted by Crippen LogP contribution is 2.29. The first kappa shape index (κ1) is 15.0. The van der Waals surface area contributed by atoms with Gasteiger partial charge in [-0.1, -0.05) is 41.9 Å². The molecule has 1 aromatic carbocycles. The summed E-state index contributed by atoms with van der Waals surface area (Å²) in [6, 6.07) is 14.1. The Kier molecular flexibility index (Phi) is 4.44. The van der Waals surface area contributed by atoms with Gasteiger partial charge in [0.05, 0.1) is 5.56 Å².